The topological polar surface area (TPSA) is 47.6 Å². The van der Waals surface area contributed by atoms with Crippen LogP contribution in [0.3, 0.4) is 0 Å². The lowest BCUT2D eigenvalue weighted by Gasteiger charge is -1.99. The molecule has 0 saturated carbocycles. The summed E-state index contributed by atoms with van der Waals surface area (Å²) in [5, 5.41) is 0. The van der Waals surface area contributed by atoms with E-state index < -0.39 is 0 Å². The van der Waals surface area contributed by atoms with Crippen LogP contribution in [0.2, 0.25) is 0 Å². The summed E-state index contributed by atoms with van der Waals surface area (Å²) in [6, 6.07) is 0.333. The molecule has 1 aliphatic heterocycles. The zero-order chi connectivity index (χ0) is 5.82. The second-order valence-corrected chi connectivity index (χ2v) is 1.82. The SMILES string of the molecule is NCCC1COC=N1. The average molecular weight is 114 g/mol. The first-order chi connectivity index (χ1) is 3.93. The van der Waals surface area contributed by atoms with Crippen LogP contribution in [0.15, 0.2) is 4.99 Å². The van der Waals surface area contributed by atoms with Gasteiger partial charge < -0.3 is 10.5 Å². The van der Waals surface area contributed by atoms with E-state index in [0.717, 1.165) is 13.0 Å². The highest BCUT2D eigenvalue weighted by Crippen LogP contribution is 2.01. The molecule has 1 rings (SSSR count). The largest absolute Gasteiger partial charge is 0.481 e. The van der Waals surface area contributed by atoms with Crippen LogP contribution in [0.1, 0.15) is 6.42 Å². The summed E-state index contributed by atoms with van der Waals surface area (Å²) in [5.74, 6) is 0. The highest BCUT2D eigenvalue weighted by Gasteiger charge is 2.08. The Morgan fingerprint density at radius 3 is 3.25 bits per heavy atom. The van der Waals surface area contributed by atoms with Crippen molar-refractivity contribution in [2.24, 2.45) is 10.7 Å². The van der Waals surface area contributed by atoms with Crippen LogP contribution in [0.4, 0.5) is 0 Å². The van der Waals surface area contributed by atoms with Crippen LogP contribution in [-0.4, -0.2) is 25.6 Å². The maximum absolute atomic E-state index is 5.28. The molecule has 0 amide bonds. The molecule has 0 aromatic rings. The molecule has 0 aromatic carbocycles. The monoisotopic (exact) mass is 114 g/mol. The van der Waals surface area contributed by atoms with Gasteiger partial charge in [0.2, 0.25) is 0 Å². The molecule has 8 heavy (non-hydrogen) atoms. The van der Waals surface area contributed by atoms with Crippen molar-refractivity contribution in [2.75, 3.05) is 13.2 Å². The molecular weight excluding hydrogens is 104 g/mol. The van der Waals surface area contributed by atoms with Crippen molar-refractivity contribution in [1.82, 2.24) is 0 Å². The van der Waals surface area contributed by atoms with Crippen molar-refractivity contribution in [3.8, 4) is 0 Å². The summed E-state index contributed by atoms with van der Waals surface area (Å²) < 4.78 is 4.86. The van der Waals surface area contributed by atoms with E-state index in [2.05, 4.69) is 4.99 Å². The number of ether oxygens (including phenoxy) is 1. The number of aliphatic imine (C=N–C) groups is 1. The molecule has 3 nitrogen and oxygen atoms in total. The normalized spacial score (nSPS) is 25.9. The molecule has 0 spiro atoms. The molecule has 3 heteroatoms. The zero-order valence-corrected chi connectivity index (χ0v) is 4.71. The quantitative estimate of drug-likeness (QED) is 0.538. The molecule has 2 N–H and O–H groups in total. The number of nitrogens with two attached hydrogens (primary N) is 1. The second-order valence-electron chi connectivity index (χ2n) is 1.82. The molecule has 1 heterocycles. The maximum atomic E-state index is 5.28. The minimum absolute atomic E-state index is 0.333. The third-order valence-electron chi connectivity index (χ3n) is 1.13. The van der Waals surface area contributed by atoms with E-state index in [0.29, 0.717) is 12.6 Å². The van der Waals surface area contributed by atoms with E-state index in [4.69, 9.17) is 10.5 Å². The van der Waals surface area contributed by atoms with E-state index in [1.807, 2.05) is 0 Å². The van der Waals surface area contributed by atoms with Crippen molar-refractivity contribution >= 4 is 6.40 Å². The molecule has 1 atom stereocenters. The lowest BCUT2D eigenvalue weighted by Crippen LogP contribution is -2.12. The van der Waals surface area contributed by atoms with E-state index >= 15 is 0 Å². The number of rotatable bonds is 2. The van der Waals surface area contributed by atoms with E-state index in [9.17, 15) is 0 Å². The first kappa shape index (κ1) is 5.56. The fourth-order valence-electron chi connectivity index (χ4n) is 0.676. The number of hydrogen-bond acceptors (Lipinski definition) is 3. The summed E-state index contributed by atoms with van der Waals surface area (Å²) in [4.78, 5) is 4.00. The first-order valence-electron chi connectivity index (χ1n) is 2.77. The van der Waals surface area contributed by atoms with Gasteiger partial charge in [0.25, 0.3) is 0 Å². The van der Waals surface area contributed by atoms with E-state index in [1.54, 1.807) is 0 Å². The lowest BCUT2D eigenvalue weighted by molar-refractivity contribution is 0.323. The Labute approximate surface area is 48.5 Å². The molecule has 0 aliphatic carbocycles. The van der Waals surface area contributed by atoms with Crippen molar-refractivity contribution in [3.05, 3.63) is 0 Å². The molecule has 0 saturated heterocycles. The molecule has 0 fully saturated rings. The zero-order valence-electron chi connectivity index (χ0n) is 4.71. The summed E-state index contributed by atoms with van der Waals surface area (Å²) >= 11 is 0. The Morgan fingerprint density at radius 1 is 1.88 bits per heavy atom. The van der Waals surface area contributed by atoms with Gasteiger partial charge in [-0.3, -0.25) is 4.99 Å². The average Bonchev–Trinajstić information content (AvgIpc) is 2.19. The lowest BCUT2D eigenvalue weighted by atomic mass is 10.2. The van der Waals surface area contributed by atoms with Gasteiger partial charge in [0.15, 0.2) is 6.40 Å². The molecule has 1 aliphatic rings. The highest BCUT2D eigenvalue weighted by atomic mass is 16.5. The molecule has 0 bridgehead atoms. The van der Waals surface area contributed by atoms with E-state index in [1.165, 1.54) is 6.40 Å². The molecule has 0 aromatic heterocycles. The highest BCUT2D eigenvalue weighted by molar-refractivity contribution is 5.48. The Hall–Kier alpha value is -0.570. The minimum Gasteiger partial charge on any atom is -0.481 e. The van der Waals surface area contributed by atoms with Gasteiger partial charge in [-0.25, -0.2) is 0 Å². The first-order valence-corrected chi connectivity index (χ1v) is 2.77. The summed E-state index contributed by atoms with van der Waals surface area (Å²) in [6.45, 7) is 1.42. The number of hydrogen-bond donors (Lipinski definition) is 1. The van der Waals surface area contributed by atoms with Gasteiger partial charge in [-0.1, -0.05) is 0 Å². The fourth-order valence-corrected chi connectivity index (χ4v) is 0.676. The molecular formula is C5H10N2O. The molecule has 46 valence electrons. The Bertz CT molecular complexity index is 92.4. The van der Waals surface area contributed by atoms with Crippen LogP contribution in [0, 0.1) is 0 Å². The van der Waals surface area contributed by atoms with Gasteiger partial charge in [-0.2, -0.15) is 0 Å². The smallest absolute Gasteiger partial charge is 0.169 e. The van der Waals surface area contributed by atoms with E-state index in [-0.39, 0.29) is 0 Å². The van der Waals surface area contributed by atoms with Crippen molar-refractivity contribution < 1.29 is 4.74 Å². The Kier molecular flexibility index (Phi) is 1.86. The van der Waals surface area contributed by atoms with Gasteiger partial charge in [-0.05, 0) is 13.0 Å². The van der Waals surface area contributed by atoms with Crippen LogP contribution in [0.5, 0.6) is 0 Å². The van der Waals surface area contributed by atoms with Gasteiger partial charge in [-0.15, -0.1) is 0 Å². The Balaban J connectivity index is 2.16. The van der Waals surface area contributed by atoms with Gasteiger partial charge in [0.05, 0.1) is 6.04 Å². The molecule has 1 unspecified atom stereocenters. The Morgan fingerprint density at radius 2 is 2.75 bits per heavy atom. The van der Waals surface area contributed by atoms with Gasteiger partial charge >= 0.3 is 0 Å². The van der Waals surface area contributed by atoms with Gasteiger partial charge in [0, 0.05) is 0 Å². The number of nitrogens with zero attached hydrogens (tertiary/aromatic N) is 1. The van der Waals surface area contributed by atoms with Crippen LogP contribution < -0.4 is 5.73 Å². The van der Waals surface area contributed by atoms with Crippen molar-refractivity contribution in [2.45, 2.75) is 12.5 Å². The molecule has 0 radical (unpaired) electrons. The van der Waals surface area contributed by atoms with Crippen molar-refractivity contribution in [3.63, 3.8) is 0 Å². The predicted octanol–water partition coefficient (Wildman–Crippen LogP) is -0.238. The fraction of sp³-hybridized carbons (Fsp3) is 0.800. The summed E-state index contributed by atoms with van der Waals surface area (Å²) in [7, 11) is 0. The third kappa shape index (κ3) is 1.20. The van der Waals surface area contributed by atoms with Crippen LogP contribution >= 0.6 is 0 Å². The minimum atomic E-state index is 0.333. The third-order valence-corrected chi connectivity index (χ3v) is 1.13. The van der Waals surface area contributed by atoms with Crippen molar-refractivity contribution in [1.29, 1.82) is 0 Å². The van der Waals surface area contributed by atoms with Gasteiger partial charge in [0.1, 0.15) is 6.61 Å². The van der Waals surface area contributed by atoms with Crippen LogP contribution in [-0.2, 0) is 4.74 Å². The summed E-state index contributed by atoms with van der Waals surface area (Å²) in [5.41, 5.74) is 5.28. The summed E-state index contributed by atoms with van der Waals surface area (Å²) in [6.07, 6.45) is 2.44. The van der Waals surface area contributed by atoms with Crippen LogP contribution in [0.25, 0.3) is 0 Å². The predicted molar refractivity (Wildman–Crippen MR) is 31.9 cm³/mol. The standard InChI is InChI=1S/C5H10N2O/c6-2-1-5-3-8-4-7-5/h4-5H,1-3,6H2. The maximum Gasteiger partial charge on any atom is 0.169 e. The second kappa shape index (κ2) is 2.67.